The SMILES string of the molecule is Cl.NC/C=C(\F)Cn1nnc2c(-c3cnn(CCO)c3)cc(C(F)(F)F)cc21. The number of aliphatic hydroxyl groups excluding tert-OH is 1. The van der Waals surface area contributed by atoms with Gasteiger partial charge in [0.2, 0.25) is 0 Å². The highest BCUT2D eigenvalue weighted by Crippen LogP contribution is 2.36. The summed E-state index contributed by atoms with van der Waals surface area (Å²) in [4.78, 5) is 0. The first kappa shape index (κ1) is 21.8. The van der Waals surface area contributed by atoms with E-state index in [-0.39, 0.29) is 55.2 Å². The van der Waals surface area contributed by atoms with Crippen molar-refractivity contribution in [3.8, 4) is 11.1 Å². The lowest BCUT2D eigenvalue weighted by atomic mass is 10.0. The summed E-state index contributed by atoms with van der Waals surface area (Å²) in [6.07, 6.45) is -0.622. The Kier molecular flexibility index (Phi) is 6.75. The molecule has 3 N–H and O–H groups in total. The Balaban J connectivity index is 0.00000280. The van der Waals surface area contributed by atoms with Crippen molar-refractivity contribution in [2.45, 2.75) is 19.3 Å². The molecule has 2 aromatic heterocycles. The number of allylic oxidation sites excluding steroid dienone is 1. The summed E-state index contributed by atoms with van der Waals surface area (Å²) in [6.45, 7) is -0.383. The van der Waals surface area contributed by atoms with E-state index in [0.29, 0.717) is 5.56 Å². The van der Waals surface area contributed by atoms with Gasteiger partial charge in [-0.15, -0.1) is 17.5 Å². The summed E-state index contributed by atoms with van der Waals surface area (Å²) < 4.78 is 56.3. The van der Waals surface area contributed by atoms with Crippen LogP contribution in [0.1, 0.15) is 5.56 Å². The predicted molar refractivity (Wildman–Crippen MR) is 96.3 cm³/mol. The van der Waals surface area contributed by atoms with Crippen molar-refractivity contribution in [2.75, 3.05) is 13.2 Å². The van der Waals surface area contributed by atoms with E-state index in [4.69, 9.17) is 10.8 Å². The zero-order chi connectivity index (χ0) is 19.6. The number of aliphatic hydroxyl groups is 1. The number of nitrogens with two attached hydrogens (primary N) is 1. The largest absolute Gasteiger partial charge is 0.416 e. The molecule has 0 saturated carbocycles. The highest BCUT2D eigenvalue weighted by molar-refractivity contribution is 5.92. The van der Waals surface area contributed by atoms with Gasteiger partial charge in [-0.2, -0.15) is 18.3 Å². The van der Waals surface area contributed by atoms with Gasteiger partial charge in [0.15, 0.2) is 0 Å². The van der Waals surface area contributed by atoms with E-state index in [1.54, 1.807) is 0 Å². The molecule has 0 bridgehead atoms. The van der Waals surface area contributed by atoms with Crippen molar-refractivity contribution >= 4 is 23.4 Å². The van der Waals surface area contributed by atoms with Gasteiger partial charge in [0, 0.05) is 23.9 Å². The summed E-state index contributed by atoms with van der Waals surface area (Å²) in [5.74, 6) is -0.626. The molecule has 12 heteroatoms. The molecule has 0 fully saturated rings. The third-order valence-corrected chi connectivity index (χ3v) is 3.86. The molecular formula is C16H17ClF4N6O. The lowest BCUT2D eigenvalue weighted by Gasteiger charge is -2.10. The summed E-state index contributed by atoms with van der Waals surface area (Å²) in [5.41, 5.74) is 5.10. The second kappa shape index (κ2) is 8.67. The molecule has 152 valence electrons. The van der Waals surface area contributed by atoms with Gasteiger partial charge >= 0.3 is 6.18 Å². The van der Waals surface area contributed by atoms with Crippen LogP contribution < -0.4 is 5.73 Å². The molecule has 7 nitrogen and oxygen atoms in total. The van der Waals surface area contributed by atoms with Crippen molar-refractivity contribution in [3.63, 3.8) is 0 Å². The van der Waals surface area contributed by atoms with Crippen LogP contribution >= 0.6 is 12.4 Å². The van der Waals surface area contributed by atoms with E-state index < -0.39 is 17.6 Å². The van der Waals surface area contributed by atoms with Crippen LogP contribution in [0.25, 0.3) is 22.2 Å². The van der Waals surface area contributed by atoms with Crippen molar-refractivity contribution in [2.24, 2.45) is 5.73 Å². The van der Waals surface area contributed by atoms with Crippen molar-refractivity contribution in [3.05, 3.63) is 42.0 Å². The minimum atomic E-state index is -4.61. The zero-order valence-corrected chi connectivity index (χ0v) is 15.2. The third-order valence-electron chi connectivity index (χ3n) is 3.86. The number of fused-ring (bicyclic) bond motifs is 1. The van der Waals surface area contributed by atoms with Crippen LogP contribution in [0, 0.1) is 0 Å². The number of aromatic nitrogens is 5. The number of hydrogen-bond acceptors (Lipinski definition) is 5. The second-order valence-electron chi connectivity index (χ2n) is 5.74. The van der Waals surface area contributed by atoms with E-state index in [1.165, 1.54) is 17.1 Å². The minimum Gasteiger partial charge on any atom is -0.394 e. The van der Waals surface area contributed by atoms with Crippen LogP contribution in [0.15, 0.2) is 36.4 Å². The minimum absolute atomic E-state index is 0. The lowest BCUT2D eigenvalue weighted by molar-refractivity contribution is -0.137. The van der Waals surface area contributed by atoms with E-state index in [2.05, 4.69) is 15.4 Å². The van der Waals surface area contributed by atoms with Crippen LogP contribution in [0.3, 0.4) is 0 Å². The van der Waals surface area contributed by atoms with Gasteiger partial charge < -0.3 is 10.8 Å². The van der Waals surface area contributed by atoms with Gasteiger partial charge in [-0.25, -0.2) is 9.07 Å². The number of rotatable bonds is 6. The third kappa shape index (κ3) is 4.49. The number of alkyl halides is 3. The smallest absolute Gasteiger partial charge is 0.394 e. The quantitative estimate of drug-likeness (QED) is 0.598. The molecule has 3 aromatic rings. The highest BCUT2D eigenvalue weighted by Gasteiger charge is 2.32. The molecule has 2 heterocycles. The monoisotopic (exact) mass is 420 g/mol. The Morgan fingerprint density at radius 3 is 2.68 bits per heavy atom. The van der Waals surface area contributed by atoms with Crippen LogP contribution in [-0.2, 0) is 19.3 Å². The van der Waals surface area contributed by atoms with Crippen LogP contribution in [0.4, 0.5) is 17.6 Å². The molecule has 28 heavy (non-hydrogen) atoms. The number of benzene rings is 1. The Labute approximate surface area is 162 Å². The average Bonchev–Trinajstić information content (AvgIpc) is 3.21. The van der Waals surface area contributed by atoms with Gasteiger partial charge in [0.25, 0.3) is 0 Å². The van der Waals surface area contributed by atoms with Crippen LogP contribution in [0.5, 0.6) is 0 Å². The fourth-order valence-electron chi connectivity index (χ4n) is 2.63. The van der Waals surface area contributed by atoms with Crippen molar-refractivity contribution in [1.29, 1.82) is 0 Å². The maximum absolute atomic E-state index is 13.8. The molecule has 0 atom stereocenters. The van der Waals surface area contributed by atoms with Crippen LogP contribution in [-0.4, -0.2) is 43.0 Å². The number of nitrogens with zero attached hydrogens (tertiary/aromatic N) is 5. The molecular weight excluding hydrogens is 404 g/mol. The Morgan fingerprint density at radius 2 is 2.04 bits per heavy atom. The first-order chi connectivity index (χ1) is 12.8. The fourth-order valence-corrected chi connectivity index (χ4v) is 2.63. The van der Waals surface area contributed by atoms with E-state index in [9.17, 15) is 17.6 Å². The topological polar surface area (TPSA) is 94.8 Å². The second-order valence-corrected chi connectivity index (χ2v) is 5.74. The Bertz CT molecular complexity index is 981. The summed E-state index contributed by atoms with van der Waals surface area (Å²) >= 11 is 0. The summed E-state index contributed by atoms with van der Waals surface area (Å²) in [5, 5.41) is 20.7. The molecule has 1 aromatic carbocycles. The molecule has 0 aliphatic carbocycles. The molecule has 0 unspecified atom stereocenters. The van der Waals surface area contributed by atoms with Gasteiger partial charge in [0.1, 0.15) is 11.3 Å². The summed E-state index contributed by atoms with van der Waals surface area (Å²) in [7, 11) is 0. The number of halogens is 5. The molecule has 0 amide bonds. The first-order valence-corrected chi connectivity index (χ1v) is 7.96. The first-order valence-electron chi connectivity index (χ1n) is 7.96. The maximum atomic E-state index is 13.8. The Hall–Kier alpha value is -2.50. The normalized spacial score (nSPS) is 12.4. The molecule has 0 spiro atoms. The fraction of sp³-hybridized carbons (Fsp3) is 0.312. The lowest BCUT2D eigenvalue weighted by Crippen LogP contribution is -2.07. The van der Waals surface area contributed by atoms with Gasteiger partial charge in [0.05, 0.1) is 37.0 Å². The molecule has 0 saturated heterocycles. The van der Waals surface area contributed by atoms with E-state index >= 15 is 0 Å². The zero-order valence-electron chi connectivity index (χ0n) is 14.4. The van der Waals surface area contributed by atoms with Gasteiger partial charge in [-0.1, -0.05) is 5.21 Å². The maximum Gasteiger partial charge on any atom is 0.416 e. The van der Waals surface area contributed by atoms with E-state index in [0.717, 1.165) is 22.9 Å². The van der Waals surface area contributed by atoms with Crippen molar-refractivity contribution in [1.82, 2.24) is 24.8 Å². The molecule has 0 aliphatic heterocycles. The molecule has 0 radical (unpaired) electrons. The standard InChI is InChI=1S/C16H16F4N6O.ClH/c17-12(1-2-21)9-26-14-6-11(16(18,19)20)5-13(15(14)23-24-26)10-7-22-25(8-10)3-4-27;/h1,5-8,27H,2-4,9,21H2;1H/b12-1-;. The predicted octanol–water partition coefficient (Wildman–Crippen LogP) is 2.54. The van der Waals surface area contributed by atoms with Gasteiger partial charge in [-0.05, 0) is 18.2 Å². The van der Waals surface area contributed by atoms with Gasteiger partial charge in [-0.3, -0.25) is 4.68 Å². The van der Waals surface area contributed by atoms with E-state index in [1.807, 2.05) is 0 Å². The number of hydrogen-bond donors (Lipinski definition) is 2. The average molecular weight is 421 g/mol. The summed E-state index contributed by atoms with van der Waals surface area (Å²) in [6, 6.07) is 1.83. The molecule has 3 rings (SSSR count). The Morgan fingerprint density at radius 1 is 1.29 bits per heavy atom. The molecule has 0 aliphatic rings. The van der Waals surface area contributed by atoms with Crippen molar-refractivity contribution < 1.29 is 22.7 Å². The highest BCUT2D eigenvalue weighted by atomic mass is 35.5. The van der Waals surface area contributed by atoms with Crippen LogP contribution in [0.2, 0.25) is 0 Å².